The van der Waals surface area contributed by atoms with Crippen LogP contribution in [0.1, 0.15) is 12.5 Å². The third-order valence-corrected chi connectivity index (χ3v) is 3.49. The Labute approximate surface area is 125 Å². The van der Waals surface area contributed by atoms with Gasteiger partial charge in [0.2, 0.25) is 5.91 Å². The molecule has 20 heavy (non-hydrogen) atoms. The van der Waals surface area contributed by atoms with Crippen LogP contribution in [0, 0.1) is 5.82 Å². The molecule has 0 spiro atoms. The Hall–Kier alpha value is -1.88. The molecule has 0 aliphatic heterocycles. The molecular weight excluding hydrogens is 323 g/mol. The zero-order valence-corrected chi connectivity index (χ0v) is 12.5. The van der Waals surface area contributed by atoms with E-state index >= 15 is 0 Å². The molecule has 0 saturated carbocycles. The largest absolute Gasteiger partial charge is 0.381 e. The molecule has 2 aromatic rings. The van der Waals surface area contributed by atoms with Crippen molar-refractivity contribution in [2.75, 3.05) is 10.6 Å². The van der Waals surface area contributed by atoms with Gasteiger partial charge in [-0.1, -0.05) is 34.1 Å². The summed E-state index contributed by atoms with van der Waals surface area (Å²) in [5, 5.41) is 5.65. The number of nitrogens with one attached hydrogen (secondary N) is 2. The highest BCUT2D eigenvalue weighted by Gasteiger charge is 2.05. The van der Waals surface area contributed by atoms with Gasteiger partial charge in [-0.25, -0.2) is 4.39 Å². The Balaban J connectivity index is 2.10. The number of carbonyl (C=O) groups excluding carboxylic acids is 1. The van der Waals surface area contributed by atoms with Crippen LogP contribution in [0.25, 0.3) is 0 Å². The van der Waals surface area contributed by atoms with Crippen LogP contribution in [0.5, 0.6) is 0 Å². The first-order valence-electron chi connectivity index (χ1n) is 6.10. The molecule has 0 heterocycles. The Morgan fingerprint density at radius 1 is 1.25 bits per heavy atom. The first-order valence-corrected chi connectivity index (χ1v) is 6.90. The van der Waals surface area contributed by atoms with Gasteiger partial charge in [0.25, 0.3) is 0 Å². The zero-order chi connectivity index (χ0) is 14.5. The van der Waals surface area contributed by atoms with E-state index in [1.807, 2.05) is 24.3 Å². The molecule has 3 nitrogen and oxygen atoms in total. The van der Waals surface area contributed by atoms with Gasteiger partial charge >= 0.3 is 0 Å². The van der Waals surface area contributed by atoms with E-state index in [4.69, 9.17) is 0 Å². The molecule has 104 valence electrons. The quantitative estimate of drug-likeness (QED) is 0.880. The van der Waals surface area contributed by atoms with Gasteiger partial charge in [0.05, 0.1) is 5.69 Å². The van der Waals surface area contributed by atoms with Crippen molar-refractivity contribution in [1.82, 2.24) is 0 Å². The molecule has 0 aliphatic carbocycles. The maximum absolute atomic E-state index is 13.5. The number of anilines is 2. The van der Waals surface area contributed by atoms with Gasteiger partial charge in [-0.05, 0) is 29.8 Å². The third kappa shape index (κ3) is 3.81. The molecule has 2 aromatic carbocycles. The van der Waals surface area contributed by atoms with Crippen LogP contribution in [0.15, 0.2) is 46.9 Å². The maximum Gasteiger partial charge on any atom is 0.221 e. The van der Waals surface area contributed by atoms with Crippen molar-refractivity contribution < 1.29 is 9.18 Å². The molecule has 2 rings (SSSR count). The summed E-state index contributed by atoms with van der Waals surface area (Å²) in [4.78, 5) is 11.0. The van der Waals surface area contributed by atoms with Gasteiger partial charge < -0.3 is 10.6 Å². The molecule has 0 unspecified atom stereocenters. The zero-order valence-electron chi connectivity index (χ0n) is 10.9. The Morgan fingerprint density at radius 2 is 2.00 bits per heavy atom. The van der Waals surface area contributed by atoms with Crippen molar-refractivity contribution in [2.24, 2.45) is 0 Å². The van der Waals surface area contributed by atoms with E-state index in [1.165, 1.54) is 13.0 Å². The lowest BCUT2D eigenvalue weighted by molar-refractivity contribution is -0.114. The summed E-state index contributed by atoms with van der Waals surface area (Å²) in [5.74, 6) is -0.751. The molecule has 0 bridgehead atoms. The van der Waals surface area contributed by atoms with Gasteiger partial charge in [-0.3, -0.25) is 4.79 Å². The maximum atomic E-state index is 13.5. The van der Waals surface area contributed by atoms with E-state index in [-0.39, 0.29) is 11.6 Å². The minimum Gasteiger partial charge on any atom is -0.381 e. The molecule has 0 radical (unpaired) electrons. The minimum absolute atomic E-state index is 0.176. The van der Waals surface area contributed by atoms with Gasteiger partial charge in [-0.2, -0.15) is 0 Å². The number of benzene rings is 2. The van der Waals surface area contributed by atoms with Gasteiger partial charge in [0, 0.05) is 23.6 Å². The topological polar surface area (TPSA) is 41.1 Å². The lowest BCUT2D eigenvalue weighted by Gasteiger charge is -2.10. The third-order valence-electron chi connectivity index (χ3n) is 2.72. The van der Waals surface area contributed by atoms with Crippen molar-refractivity contribution in [3.8, 4) is 0 Å². The predicted octanol–water partition coefficient (Wildman–Crippen LogP) is 4.16. The number of hydrogen-bond donors (Lipinski definition) is 2. The lowest BCUT2D eigenvalue weighted by atomic mass is 10.2. The second-order valence-electron chi connectivity index (χ2n) is 4.32. The monoisotopic (exact) mass is 336 g/mol. The Kier molecular flexibility index (Phi) is 4.74. The lowest BCUT2D eigenvalue weighted by Crippen LogP contribution is -2.08. The molecule has 2 N–H and O–H groups in total. The molecule has 0 aromatic heterocycles. The van der Waals surface area contributed by atoms with Crippen LogP contribution in [-0.4, -0.2) is 5.91 Å². The Bertz CT molecular complexity index is 631. The molecule has 1 amide bonds. The summed E-state index contributed by atoms with van der Waals surface area (Å²) in [6.45, 7) is 1.95. The fourth-order valence-corrected chi connectivity index (χ4v) is 2.18. The van der Waals surface area contributed by atoms with E-state index in [0.29, 0.717) is 6.54 Å². The number of hydrogen-bond acceptors (Lipinski definition) is 2. The molecule has 0 fully saturated rings. The predicted molar refractivity (Wildman–Crippen MR) is 82.2 cm³/mol. The SMILES string of the molecule is CC(=O)Nc1cc(NCc2ccccc2Br)ccc1F. The van der Waals surface area contributed by atoms with E-state index in [1.54, 1.807) is 12.1 Å². The molecule has 5 heteroatoms. The molecular formula is C15H14BrFN2O. The standard InChI is InChI=1S/C15H14BrFN2O/c1-10(20)19-15-8-12(6-7-14(15)17)18-9-11-4-2-3-5-13(11)16/h2-8,18H,9H2,1H3,(H,19,20). The van der Waals surface area contributed by atoms with Crippen molar-refractivity contribution in [1.29, 1.82) is 0 Å². The van der Waals surface area contributed by atoms with Crippen LogP contribution in [0.2, 0.25) is 0 Å². The fraction of sp³-hybridized carbons (Fsp3) is 0.133. The summed E-state index contributed by atoms with van der Waals surface area (Å²) < 4.78 is 14.5. The van der Waals surface area contributed by atoms with Gasteiger partial charge in [-0.15, -0.1) is 0 Å². The summed E-state index contributed by atoms with van der Waals surface area (Å²) in [6.07, 6.45) is 0. The van der Waals surface area contributed by atoms with Crippen molar-refractivity contribution in [3.63, 3.8) is 0 Å². The molecule has 0 saturated heterocycles. The van der Waals surface area contributed by atoms with E-state index in [0.717, 1.165) is 15.7 Å². The first kappa shape index (κ1) is 14.5. The first-order chi connectivity index (χ1) is 9.56. The van der Waals surface area contributed by atoms with E-state index < -0.39 is 5.82 Å². The molecule has 0 atom stereocenters. The van der Waals surface area contributed by atoms with Crippen LogP contribution < -0.4 is 10.6 Å². The van der Waals surface area contributed by atoms with Gasteiger partial charge in [0.1, 0.15) is 5.82 Å². The number of amides is 1. The normalized spacial score (nSPS) is 10.2. The average molecular weight is 337 g/mol. The van der Waals surface area contributed by atoms with Crippen molar-refractivity contribution in [3.05, 3.63) is 58.3 Å². The van der Waals surface area contributed by atoms with Crippen LogP contribution in [0.4, 0.5) is 15.8 Å². The summed E-state index contributed by atoms with van der Waals surface area (Å²) >= 11 is 3.47. The number of halogens is 2. The molecule has 0 aliphatic rings. The summed E-state index contributed by atoms with van der Waals surface area (Å²) in [7, 11) is 0. The highest BCUT2D eigenvalue weighted by atomic mass is 79.9. The highest BCUT2D eigenvalue weighted by Crippen LogP contribution is 2.22. The number of rotatable bonds is 4. The second kappa shape index (κ2) is 6.52. The van der Waals surface area contributed by atoms with Crippen LogP contribution in [0.3, 0.4) is 0 Å². The Morgan fingerprint density at radius 3 is 2.70 bits per heavy atom. The smallest absolute Gasteiger partial charge is 0.221 e. The van der Waals surface area contributed by atoms with E-state index in [2.05, 4.69) is 26.6 Å². The second-order valence-corrected chi connectivity index (χ2v) is 5.18. The number of carbonyl (C=O) groups is 1. The van der Waals surface area contributed by atoms with Crippen LogP contribution in [-0.2, 0) is 11.3 Å². The van der Waals surface area contributed by atoms with Gasteiger partial charge in [0.15, 0.2) is 0 Å². The fourth-order valence-electron chi connectivity index (χ4n) is 1.76. The minimum atomic E-state index is -0.452. The van der Waals surface area contributed by atoms with Crippen molar-refractivity contribution >= 4 is 33.2 Å². The van der Waals surface area contributed by atoms with Crippen LogP contribution >= 0.6 is 15.9 Å². The van der Waals surface area contributed by atoms with Crippen molar-refractivity contribution in [2.45, 2.75) is 13.5 Å². The summed E-state index contributed by atoms with van der Waals surface area (Å²) in [6, 6.07) is 12.4. The summed E-state index contributed by atoms with van der Waals surface area (Å²) in [5.41, 5.74) is 2.01. The highest BCUT2D eigenvalue weighted by molar-refractivity contribution is 9.10. The average Bonchev–Trinajstić information content (AvgIpc) is 2.40. The van der Waals surface area contributed by atoms with E-state index in [9.17, 15) is 9.18 Å².